The number of likely N-dealkylation sites (tertiary alicyclic amines) is 1. The second-order valence-corrected chi connectivity index (χ2v) is 9.10. The van der Waals surface area contributed by atoms with E-state index in [1.165, 1.54) is 4.90 Å². The molecule has 7 nitrogen and oxygen atoms in total. The van der Waals surface area contributed by atoms with Crippen molar-refractivity contribution in [2.45, 2.75) is 32.9 Å². The molecule has 1 fully saturated rings. The summed E-state index contributed by atoms with van der Waals surface area (Å²) in [4.78, 5) is 34.2. The number of hydrogen-bond acceptors (Lipinski definition) is 6. The number of hydrogen-bond donors (Lipinski definition) is 1. The Labute approximate surface area is 211 Å². The van der Waals surface area contributed by atoms with Crippen LogP contribution in [-0.4, -0.2) is 47.4 Å². The van der Waals surface area contributed by atoms with Gasteiger partial charge in [0.15, 0.2) is 0 Å². The normalized spacial score (nSPS) is 16.9. The predicted molar refractivity (Wildman–Crippen MR) is 140 cm³/mol. The number of carbonyl (C=O) groups excluding carboxylic acids is 2. The van der Waals surface area contributed by atoms with Crippen molar-refractivity contribution in [3.8, 4) is 5.75 Å². The highest BCUT2D eigenvalue weighted by Gasteiger charge is 2.46. The van der Waals surface area contributed by atoms with Crippen molar-refractivity contribution in [2.24, 2.45) is 0 Å². The number of aromatic nitrogens is 1. The van der Waals surface area contributed by atoms with E-state index in [0.717, 1.165) is 34.5 Å². The van der Waals surface area contributed by atoms with Crippen molar-refractivity contribution in [3.05, 3.63) is 94.8 Å². The molecule has 1 amide bonds. The van der Waals surface area contributed by atoms with Crippen LogP contribution in [0.15, 0.2) is 72.6 Å². The standard InChI is InChI=1S/C29H31N3O4/c1-5-15-36-24-13-10-22(16-19(24)2)27(33)25-26(21-8-11-23(12-9-21)31(3)4)32(29(35)28(25)34)18-20-7-6-14-30-17-20/h6-14,16-17,26,33H,5,15,18H2,1-4H3/b27-25+. The molecule has 0 aliphatic carbocycles. The maximum Gasteiger partial charge on any atom is 0.295 e. The molecule has 3 aromatic rings. The second-order valence-electron chi connectivity index (χ2n) is 9.10. The number of aliphatic hydroxyl groups excluding tert-OH is 1. The maximum absolute atomic E-state index is 13.3. The lowest BCUT2D eigenvalue weighted by Crippen LogP contribution is -2.29. The van der Waals surface area contributed by atoms with Gasteiger partial charge in [-0.05, 0) is 66.4 Å². The molecule has 4 rings (SSSR count). The first-order chi connectivity index (χ1) is 17.3. The molecule has 1 saturated heterocycles. The molecule has 1 N–H and O–H groups in total. The van der Waals surface area contributed by atoms with Crippen LogP contribution in [0.4, 0.5) is 5.69 Å². The van der Waals surface area contributed by atoms with E-state index in [4.69, 9.17) is 4.74 Å². The SMILES string of the molecule is CCCOc1ccc(/C(O)=C2\C(=O)C(=O)N(Cc3cccnc3)C2c2ccc(N(C)C)cc2)cc1C. The summed E-state index contributed by atoms with van der Waals surface area (Å²) in [6.45, 7) is 4.71. The summed E-state index contributed by atoms with van der Waals surface area (Å²) in [5, 5.41) is 11.4. The van der Waals surface area contributed by atoms with Crippen LogP contribution in [0, 0.1) is 6.92 Å². The van der Waals surface area contributed by atoms with Gasteiger partial charge in [-0.15, -0.1) is 0 Å². The summed E-state index contributed by atoms with van der Waals surface area (Å²) in [6, 6.07) is 15.8. The number of benzene rings is 2. The van der Waals surface area contributed by atoms with E-state index >= 15 is 0 Å². The van der Waals surface area contributed by atoms with Crippen LogP contribution < -0.4 is 9.64 Å². The zero-order valence-corrected chi connectivity index (χ0v) is 21.1. The van der Waals surface area contributed by atoms with E-state index in [9.17, 15) is 14.7 Å². The fourth-order valence-electron chi connectivity index (χ4n) is 4.36. The van der Waals surface area contributed by atoms with Gasteiger partial charge >= 0.3 is 0 Å². The van der Waals surface area contributed by atoms with Gasteiger partial charge in [-0.3, -0.25) is 14.6 Å². The van der Waals surface area contributed by atoms with Gasteiger partial charge in [0.25, 0.3) is 11.7 Å². The Kier molecular flexibility index (Phi) is 7.38. The van der Waals surface area contributed by atoms with E-state index < -0.39 is 17.7 Å². The molecule has 1 unspecified atom stereocenters. The number of aliphatic hydroxyl groups is 1. The first kappa shape index (κ1) is 25.0. The Hall–Kier alpha value is -4.13. The van der Waals surface area contributed by atoms with Gasteiger partial charge in [0, 0.05) is 44.3 Å². The molecule has 0 spiro atoms. The first-order valence-corrected chi connectivity index (χ1v) is 12.0. The second kappa shape index (κ2) is 10.6. The van der Waals surface area contributed by atoms with Gasteiger partial charge in [-0.1, -0.05) is 25.1 Å². The molecule has 1 aliphatic heterocycles. The van der Waals surface area contributed by atoms with Crippen LogP contribution >= 0.6 is 0 Å². The fraction of sp³-hybridized carbons (Fsp3) is 0.276. The quantitative estimate of drug-likeness (QED) is 0.279. The zero-order chi connectivity index (χ0) is 25.8. The highest BCUT2D eigenvalue weighted by molar-refractivity contribution is 6.46. The maximum atomic E-state index is 13.3. The Morgan fingerprint density at radius 3 is 2.47 bits per heavy atom. The number of amides is 1. The third-order valence-electron chi connectivity index (χ3n) is 6.25. The highest BCUT2D eigenvalue weighted by atomic mass is 16.5. The van der Waals surface area contributed by atoms with Crippen molar-refractivity contribution >= 4 is 23.1 Å². The molecule has 1 aromatic heterocycles. The summed E-state index contributed by atoms with van der Waals surface area (Å²) < 4.78 is 5.75. The lowest BCUT2D eigenvalue weighted by Gasteiger charge is -2.26. The Bertz CT molecular complexity index is 1280. The first-order valence-electron chi connectivity index (χ1n) is 12.0. The lowest BCUT2D eigenvalue weighted by atomic mass is 9.94. The van der Waals surface area contributed by atoms with Crippen LogP contribution in [-0.2, 0) is 16.1 Å². The molecule has 36 heavy (non-hydrogen) atoms. The number of Topliss-reactive ketones (excluding diaryl/α,β-unsaturated/α-hetero) is 1. The molecule has 1 aliphatic rings. The lowest BCUT2D eigenvalue weighted by molar-refractivity contribution is -0.140. The number of ether oxygens (including phenoxy) is 1. The molecule has 0 bridgehead atoms. The summed E-state index contributed by atoms with van der Waals surface area (Å²) in [7, 11) is 3.89. The Morgan fingerprint density at radius 2 is 1.86 bits per heavy atom. The molecule has 7 heteroatoms. The molecule has 0 saturated carbocycles. The summed E-state index contributed by atoms with van der Waals surface area (Å²) in [5.41, 5.74) is 3.89. The van der Waals surface area contributed by atoms with Gasteiger partial charge in [-0.2, -0.15) is 0 Å². The van der Waals surface area contributed by atoms with Crippen LogP contribution in [0.25, 0.3) is 5.76 Å². The number of pyridine rings is 1. The number of anilines is 1. The smallest absolute Gasteiger partial charge is 0.295 e. The van der Waals surface area contributed by atoms with Gasteiger partial charge in [0.2, 0.25) is 0 Å². The highest BCUT2D eigenvalue weighted by Crippen LogP contribution is 2.41. The van der Waals surface area contributed by atoms with E-state index in [1.807, 2.05) is 63.2 Å². The van der Waals surface area contributed by atoms with Crippen molar-refractivity contribution in [1.29, 1.82) is 0 Å². The minimum Gasteiger partial charge on any atom is -0.507 e. The summed E-state index contributed by atoms with van der Waals surface area (Å²) >= 11 is 0. The number of carbonyl (C=O) groups is 2. The molecular weight excluding hydrogens is 454 g/mol. The minimum absolute atomic E-state index is 0.0723. The van der Waals surface area contributed by atoms with Gasteiger partial charge in [0.05, 0.1) is 18.2 Å². The van der Waals surface area contributed by atoms with Crippen molar-refractivity contribution < 1.29 is 19.4 Å². The van der Waals surface area contributed by atoms with E-state index in [0.29, 0.717) is 12.2 Å². The average Bonchev–Trinajstić information content (AvgIpc) is 3.13. The van der Waals surface area contributed by atoms with Crippen molar-refractivity contribution in [2.75, 3.05) is 25.6 Å². The number of ketones is 1. The van der Waals surface area contributed by atoms with E-state index in [2.05, 4.69) is 4.98 Å². The predicted octanol–water partition coefficient (Wildman–Crippen LogP) is 4.87. The monoisotopic (exact) mass is 485 g/mol. The Balaban J connectivity index is 1.81. The van der Waals surface area contributed by atoms with Crippen LogP contribution in [0.3, 0.4) is 0 Å². The number of nitrogens with zero attached hydrogens (tertiary/aromatic N) is 3. The average molecular weight is 486 g/mol. The third-order valence-corrected chi connectivity index (χ3v) is 6.25. The summed E-state index contributed by atoms with van der Waals surface area (Å²) in [5.74, 6) is -0.834. The Morgan fingerprint density at radius 1 is 1.11 bits per heavy atom. The van der Waals surface area contributed by atoms with Gasteiger partial charge in [-0.25, -0.2) is 0 Å². The molecular formula is C29H31N3O4. The fourth-order valence-corrected chi connectivity index (χ4v) is 4.36. The van der Waals surface area contributed by atoms with E-state index in [-0.39, 0.29) is 17.9 Å². The summed E-state index contributed by atoms with van der Waals surface area (Å²) in [6.07, 6.45) is 4.21. The molecule has 0 radical (unpaired) electrons. The van der Waals surface area contributed by atoms with Crippen LogP contribution in [0.1, 0.15) is 41.6 Å². The van der Waals surface area contributed by atoms with E-state index in [1.54, 1.807) is 36.7 Å². The van der Waals surface area contributed by atoms with Crippen molar-refractivity contribution in [1.82, 2.24) is 9.88 Å². The van der Waals surface area contributed by atoms with Crippen LogP contribution in [0.2, 0.25) is 0 Å². The molecule has 1 atom stereocenters. The van der Waals surface area contributed by atoms with Gasteiger partial charge < -0.3 is 19.6 Å². The molecule has 2 aromatic carbocycles. The zero-order valence-electron chi connectivity index (χ0n) is 21.1. The minimum atomic E-state index is -0.738. The van der Waals surface area contributed by atoms with Crippen molar-refractivity contribution in [3.63, 3.8) is 0 Å². The largest absolute Gasteiger partial charge is 0.507 e. The molecule has 186 valence electrons. The van der Waals surface area contributed by atoms with Gasteiger partial charge in [0.1, 0.15) is 11.5 Å². The number of aryl methyl sites for hydroxylation is 1. The third kappa shape index (κ3) is 4.96. The topological polar surface area (TPSA) is 83.0 Å². The molecule has 2 heterocycles. The van der Waals surface area contributed by atoms with Crippen LogP contribution in [0.5, 0.6) is 5.75 Å². The number of rotatable bonds is 8.